The molecule has 0 fully saturated rings. The minimum absolute atomic E-state index is 0.0000648. The first-order valence-corrected chi connectivity index (χ1v) is 23.0. The molecule has 16 heteroatoms. The molecule has 0 aromatic heterocycles. The molecule has 5 aromatic rings. The molecule has 0 aliphatic heterocycles. The summed E-state index contributed by atoms with van der Waals surface area (Å²) < 4.78 is 45.2. The second kappa shape index (κ2) is 24.2. The summed E-state index contributed by atoms with van der Waals surface area (Å²) in [4.78, 5) is 59.6. The summed E-state index contributed by atoms with van der Waals surface area (Å²) in [7, 11) is -4.03. The van der Waals surface area contributed by atoms with Gasteiger partial charge in [-0.05, 0) is 87.1 Å². The van der Waals surface area contributed by atoms with Crippen molar-refractivity contribution in [2.24, 2.45) is 10.7 Å². The Morgan fingerprint density at radius 2 is 1.15 bits per heavy atom. The number of carbonyl (C=O) groups is 4. The number of guanidine groups is 1. The highest BCUT2D eigenvalue weighted by Crippen LogP contribution is 2.17. The molecule has 0 heterocycles. The van der Waals surface area contributed by atoms with Crippen molar-refractivity contribution in [3.8, 4) is 5.75 Å². The topological polar surface area (TPSA) is 217 Å². The molecule has 0 radical (unpaired) electrons. The number of amides is 3. The van der Waals surface area contributed by atoms with Gasteiger partial charge in [0.05, 0.1) is 4.90 Å². The van der Waals surface area contributed by atoms with Crippen LogP contribution >= 0.6 is 0 Å². The van der Waals surface area contributed by atoms with Crippen LogP contribution in [0.1, 0.15) is 61.4 Å². The third-order valence-corrected chi connectivity index (χ3v) is 11.2. The van der Waals surface area contributed by atoms with Crippen molar-refractivity contribution < 1.29 is 41.8 Å². The normalized spacial score (nSPS) is 13.0. The molecular formula is C50H58N6O9S. The number of benzene rings is 5. The lowest BCUT2D eigenvalue weighted by Gasteiger charge is -2.26. The van der Waals surface area contributed by atoms with Crippen LogP contribution in [0.5, 0.6) is 5.75 Å². The van der Waals surface area contributed by atoms with Crippen LogP contribution in [0.3, 0.4) is 0 Å². The van der Waals surface area contributed by atoms with E-state index in [1.807, 2.05) is 61.5 Å². The van der Waals surface area contributed by atoms with Crippen molar-refractivity contribution in [3.05, 3.63) is 167 Å². The SMILES string of the molecule is Cc1ccc(S(=O)(=O)NC(N)=NCCC[C@@H](NC(=O)[C@H](Cc2ccccc2)NC(=O)OC(C)(C)C)C(=O)N[C@@H](Cc2ccc(OCc3ccccc3)cc2)C(=O)OCc2ccccc2)cc1. The number of alkyl carbamates (subject to hydrolysis) is 1. The first-order valence-electron chi connectivity index (χ1n) is 21.5. The lowest BCUT2D eigenvalue weighted by atomic mass is 10.0. The molecule has 0 aliphatic carbocycles. The smallest absolute Gasteiger partial charge is 0.408 e. The highest BCUT2D eigenvalue weighted by atomic mass is 32.2. The van der Waals surface area contributed by atoms with Gasteiger partial charge in [-0.15, -0.1) is 0 Å². The van der Waals surface area contributed by atoms with Crippen LogP contribution in [0.4, 0.5) is 4.79 Å². The second-order valence-electron chi connectivity index (χ2n) is 16.6. The van der Waals surface area contributed by atoms with Gasteiger partial charge in [-0.1, -0.05) is 121 Å². The first kappa shape index (κ1) is 49.8. The molecule has 348 valence electrons. The zero-order chi connectivity index (χ0) is 47.5. The standard InChI is InChI=1S/C50H58N6O9S/c1-35-22-28-41(29-23-35)66(61,62)56-48(51)52-30-14-21-42(53-46(58)43(31-36-15-8-5-9-16-36)55-49(60)65-50(2,3)4)45(57)54-44(47(59)64-34-39-19-12-7-13-20-39)32-37-24-26-40(27-25-37)63-33-38-17-10-6-11-18-38/h5-13,15-20,22-29,42-44H,14,21,30-34H2,1-4H3,(H,53,58)(H,54,57)(H,55,60)(H3,51,52,56)/t42-,43+,44+/m1/s1. The number of rotatable bonds is 21. The summed E-state index contributed by atoms with van der Waals surface area (Å²) in [6.07, 6.45) is -0.667. The quantitative estimate of drug-likeness (QED) is 0.0249. The summed E-state index contributed by atoms with van der Waals surface area (Å²) in [5.74, 6) is -1.90. The van der Waals surface area contributed by atoms with Crippen LogP contribution < -0.4 is 31.1 Å². The molecule has 0 aliphatic rings. The van der Waals surface area contributed by atoms with Crippen LogP contribution in [0, 0.1) is 6.92 Å². The number of nitrogens with two attached hydrogens (primary N) is 1. The molecular weight excluding hydrogens is 861 g/mol. The monoisotopic (exact) mass is 918 g/mol. The van der Waals surface area contributed by atoms with Gasteiger partial charge in [0.1, 0.15) is 42.7 Å². The van der Waals surface area contributed by atoms with Crippen LogP contribution in [-0.2, 0) is 59.9 Å². The van der Waals surface area contributed by atoms with E-state index in [0.29, 0.717) is 17.9 Å². The Bertz CT molecular complexity index is 2480. The fourth-order valence-electron chi connectivity index (χ4n) is 6.48. The van der Waals surface area contributed by atoms with E-state index < -0.39 is 57.6 Å². The number of hydrogen-bond acceptors (Lipinski definition) is 10. The van der Waals surface area contributed by atoms with E-state index in [1.54, 1.807) is 93.6 Å². The molecule has 15 nitrogen and oxygen atoms in total. The molecule has 5 rings (SSSR count). The van der Waals surface area contributed by atoms with Crippen molar-refractivity contribution in [1.82, 2.24) is 20.7 Å². The van der Waals surface area contributed by atoms with E-state index in [2.05, 4.69) is 25.7 Å². The number of ether oxygens (including phenoxy) is 3. The molecule has 66 heavy (non-hydrogen) atoms. The molecule has 0 saturated carbocycles. The maximum Gasteiger partial charge on any atom is 0.408 e. The van der Waals surface area contributed by atoms with Gasteiger partial charge in [-0.25, -0.2) is 22.7 Å². The number of hydrogen-bond donors (Lipinski definition) is 5. The van der Waals surface area contributed by atoms with Crippen LogP contribution in [0.15, 0.2) is 149 Å². The lowest BCUT2D eigenvalue weighted by Crippen LogP contribution is -2.57. The number of nitrogens with one attached hydrogen (secondary N) is 4. The Morgan fingerprint density at radius 1 is 0.636 bits per heavy atom. The zero-order valence-corrected chi connectivity index (χ0v) is 38.4. The molecule has 0 bridgehead atoms. The third kappa shape index (κ3) is 17.1. The lowest BCUT2D eigenvalue weighted by molar-refractivity contribution is -0.149. The summed E-state index contributed by atoms with van der Waals surface area (Å²) in [6.45, 7) is 7.16. The van der Waals surface area contributed by atoms with Gasteiger partial charge in [0, 0.05) is 19.4 Å². The fraction of sp³-hybridized carbons (Fsp3) is 0.300. The minimum Gasteiger partial charge on any atom is -0.489 e. The van der Waals surface area contributed by atoms with Gasteiger partial charge >= 0.3 is 12.1 Å². The number of aliphatic imine (C=N–C) groups is 1. The van der Waals surface area contributed by atoms with Gasteiger partial charge in [0.2, 0.25) is 17.8 Å². The first-order chi connectivity index (χ1) is 31.5. The van der Waals surface area contributed by atoms with Gasteiger partial charge in [0.15, 0.2) is 0 Å². The van der Waals surface area contributed by atoms with Gasteiger partial charge in [-0.3, -0.25) is 14.6 Å². The van der Waals surface area contributed by atoms with E-state index in [0.717, 1.165) is 22.3 Å². The highest BCUT2D eigenvalue weighted by molar-refractivity contribution is 7.90. The fourth-order valence-corrected chi connectivity index (χ4v) is 7.44. The Morgan fingerprint density at radius 3 is 1.74 bits per heavy atom. The Labute approximate surface area is 386 Å². The molecule has 6 N–H and O–H groups in total. The summed E-state index contributed by atoms with van der Waals surface area (Å²) in [5.41, 5.74) is 9.15. The number of aryl methyl sites for hydroxylation is 1. The number of nitrogens with zero attached hydrogens (tertiary/aromatic N) is 1. The van der Waals surface area contributed by atoms with Crippen LogP contribution in [0.2, 0.25) is 0 Å². The number of carbonyl (C=O) groups excluding carboxylic acids is 4. The molecule has 0 spiro atoms. The third-order valence-electron chi connectivity index (χ3n) is 9.86. The largest absolute Gasteiger partial charge is 0.489 e. The predicted octanol–water partition coefficient (Wildman–Crippen LogP) is 6.04. The summed E-state index contributed by atoms with van der Waals surface area (Å²) in [5, 5.41) is 8.23. The maximum atomic E-state index is 14.4. The Balaban J connectivity index is 1.37. The van der Waals surface area contributed by atoms with Crippen molar-refractivity contribution in [2.75, 3.05) is 6.54 Å². The van der Waals surface area contributed by atoms with E-state index in [-0.39, 0.29) is 49.7 Å². The van der Waals surface area contributed by atoms with Crippen LogP contribution in [0.25, 0.3) is 0 Å². The zero-order valence-electron chi connectivity index (χ0n) is 37.6. The molecule has 0 unspecified atom stereocenters. The van der Waals surface area contributed by atoms with E-state index in [9.17, 15) is 27.6 Å². The summed E-state index contributed by atoms with van der Waals surface area (Å²) in [6, 6.07) is 37.4. The van der Waals surface area contributed by atoms with E-state index in [1.165, 1.54) is 12.1 Å². The van der Waals surface area contributed by atoms with E-state index >= 15 is 0 Å². The van der Waals surface area contributed by atoms with Crippen molar-refractivity contribution in [3.63, 3.8) is 0 Å². The van der Waals surface area contributed by atoms with Crippen LogP contribution in [-0.4, -0.2) is 68.5 Å². The Kier molecular flexibility index (Phi) is 18.3. The van der Waals surface area contributed by atoms with Crippen molar-refractivity contribution in [1.29, 1.82) is 0 Å². The molecule has 3 amide bonds. The second-order valence-corrected chi connectivity index (χ2v) is 18.2. The molecule has 5 aromatic carbocycles. The molecule has 3 atom stereocenters. The molecule has 0 saturated heterocycles. The number of esters is 1. The average Bonchev–Trinajstić information content (AvgIpc) is 3.28. The number of sulfonamides is 1. The average molecular weight is 919 g/mol. The summed E-state index contributed by atoms with van der Waals surface area (Å²) >= 11 is 0. The van der Waals surface area contributed by atoms with Gasteiger partial charge in [0.25, 0.3) is 10.0 Å². The minimum atomic E-state index is -4.03. The highest BCUT2D eigenvalue weighted by Gasteiger charge is 2.31. The Hall–Kier alpha value is -7.20. The predicted molar refractivity (Wildman–Crippen MR) is 252 cm³/mol. The van der Waals surface area contributed by atoms with E-state index in [4.69, 9.17) is 19.9 Å². The maximum absolute atomic E-state index is 14.4. The van der Waals surface area contributed by atoms with Gasteiger partial charge < -0.3 is 35.9 Å². The van der Waals surface area contributed by atoms with Crippen molar-refractivity contribution in [2.45, 2.75) is 95.2 Å². The van der Waals surface area contributed by atoms with Crippen molar-refractivity contribution >= 4 is 39.9 Å². The van der Waals surface area contributed by atoms with Gasteiger partial charge in [-0.2, -0.15) is 0 Å².